The number of piperidine rings is 1. The van der Waals surface area contributed by atoms with E-state index in [-0.39, 0.29) is 23.6 Å². The average molecular weight is 289 g/mol. The van der Waals surface area contributed by atoms with Crippen molar-refractivity contribution in [3.63, 3.8) is 0 Å². The number of rotatable bonds is 2. The lowest BCUT2D eigenvalue weighted by Gasteiger charge is -2.35. The molecule has 0 radical (unpaired) electrons. The van der Waals surface area contributed by atoms with Gasteiger partial charge in [-0.1, -0.05) is 6.92 Å². The lowest BCUT2D eigenvalue weighted by atomic mass is 9.96. The number of nitrogens with zero attached hydrogens (tertiary/aromatic N) is 2. The monoisotopic (exact) mass is 289 g/mol. The molecule has 0 saturated carbocycles. The maximum absolute atomic E-state index is 12.5. The lowest BCUT2D eigenvalue weighted by Crippen LogP contribution is -2.49. The summed E-state index contributed by atoms with van der Waals surface area (Å²) < 4.78 is 38.3. The predicted molar refractivity (Wildman–Crippen MR) is 68.1 cm³/mol. The van der Waals surface area contributed by atoms with Crippen LogP contribution in [-0.2, 0) is 6.54 Å². The zero-order valence-electron chi connectivity index (χ0n) is 11.2. The van der Waals surface area contributed by atoms with Crippen LogP contribution in [0.3, 0.4) is 0 Å². The standard InChI is InChI=1S/C13H18F3N3O/c1-9-5-10(17)7-19(6-9)12(20)11-3-2-4-18(11)8-13(14,15)16/h2-4,9-10H,5-8,17H2,1H3. The first-order chi connectivity index (χ1) is 9.26. The first-order valence-electron chi connectivity index (χ1n) is 6.53. The number of carbonyl (C=O) groups is 1. The van der Waals surface area contributed by atoms with Gasteiger partial charge in [-0.15, -0.1) is 0 Å². The SMILES string of the molecule is CC1CC(N)CN(C(=O)c2cccn2CC(F)(F)F)C1. The summed E-state index contributed by atoms with van der Waals surface area (Å²) in [5.41, 5.74) is 5.92. The van der Waals surface area contributed by atoms with Gasteiger partial charge < -0.3 is 15.2 Å². The molecule has 2 heterocycles. The van der Waals surface area contributed by atoms with Crippen LogP contribution in [0.15, 0.2) is 18.3 Å². The van der Waals surface area contributed by atoms with E-state index in [0.717, 1.165) is 11.0 Å². The molecule has 0 spiro atoms. The van der Waals surface area contributed by atoms with Gasteiger partial charge in [0, 0.05) is 25.3 Å². The molecule has 1 saturated heterocycles. The van der Waals surface area contributed by atoms with E-state index in [1.807, 2.05) is 6.92 Å². The molecular weight excluding hydrogens is 271 g/mol. The molecule has 1 fully saturated rings. The molecule has 1 aliphatic heterocycles. The lowest BCUT2D eigenvalue weighted by molar-refractivity contribution is -0.140. The van der Waals surface area contributed by atoms with Gasteiger partial charge in [0.15, 0.2) is 0 Å². The Bertz CT molecular complexity index is 473. The summed E-state index contributed by atoms with van der Waals surface area (Å²) in [4.78, 5) is 13.9. The minimum absolute atomic E-state index is 0.0589. The second-order valence-electron chi connectivity index (χ2n) is 5.45. The zero-order valence-corrected chi connectivity index (χ0v) is 11.2. The fourth-order valence-corrected chi connectivity index (χ4v) is 2.67. The van der Waals surface area contributed by atoms with E-state index in [4.69, 9.17) is 5.73 Å². The van der Waals surface area contributed by atoms with Gasteiger partial charge in [-0.05, 0) is 24.5 Å². The fourth-order valence-electron chi connectivity index (χ4n) is 2.67. The summed E-state index contributed by atoms with van der Waals surface area (Å²) in [5.74, 6) is -0.130. The average Bonchev–Trinajstić information content (AvgIpc) is 2.72. The highest BCUT2D eigenvalue weighted by Crippen LogP contribution is 2.21. The number of carbonyl (C=O) groups excluding carboxylic acids is 1. The Balaban J connectivity index is 2.15. The van der Waals surface area contributed by atoms with Gasteiger partial charge in [0.1, 0.15) is 12.2 Å². The highest BCUT2D eigenvalue weighted by molar-refractivity contribution is 5.92. The Hall–Kier alpha value is -1.50. The second-order valence-corrected chi connectivity index (χ2v) is 5.45. The molecule has 1 amide bonds. The topological polar surface area (TPSA) is 51.3 Å². The van der Waals surface area contributed by atoms with E-state index >= 15 is 0 Å². The Labute approximate surface area is 115 Å². The molecule has 0 aliphatic carbocycles. The summed E-state index contributed by atoms with van der Waals surface area (Å²) in [5, 5.41) is 0. The minimum atomic E-state index is -4.35. The highest BCUT2D eigenvalue weighted by atomic mass is 19.4. The maximum Gasteiger partial charge on any atom is 0.406 e. The van der Waals surface area contributed by atoms with Crippen molar-refractivity contribution in [2.45, 2.75) is 32.1 Å². The number of alkyl halides is 3. The number of halogens is 3. The van der Waals surface area contributed by atoms with E-state index in [2.05, 4.69) is 0 Å². The molecule has 0 bridgehead atoms. The zero-order chi connectivity index (χ0) is 14.9. The Kier molecular flexibility index (Phi) is 4.08. The minimum Gasteiger partial charge on any atom is -0.336 e. The van der Waals surface area contributed by atoms with Crippen molar-refractivity contribution in [1.29, 1.82) is 0 Å². The smallest absolute Gasteiger partial charge is 0.336 e. The molecule has 2 unspecified atom stereocenters. The van der Waals surface area contributed by atoms with Crippen LogP contribution in [0.25, 0.3) is 0 Å². The molecule has 112 valence electrons. The fraction of sp³-hybridized carbons (Fsp3) is 0.615. The Morgan fingerprint density at radius 3 is 2.75 bits per heavy atom. The molecule has 1 aromatic heterocycles. The third-order valence-electron chi connectivity index (χ3n) is 3.38. The summed E-state index contributed by atoms with van der Waals surface area (Å²) in [6, 6.07) is 2.75. The Morgan fingerprint density at radius 1 is 1.45 bits per heavy atom. The van der Waals surface area contributed by atoms with Crippen LogP contribution in [0.4, 0.5) is 13.2 Å². The Morgan fingerprint density at radius 2 is 2.15 bits per heavy atom. The maximum atomic E-state index is 12.5. The summed E-state index contributed by atoms with van der Waals surface area (Å²) in [7, 11) is 0. The number of nitrogens with two attached hydrogens (primary N) is 1. The van der Waals surface area contributed by atoms with Crippen molar-refractivity contribution in [2.24, 2.45) is 11.7 Å². The van der Waals surface area contributed by atoms with Gasteiger partial charge in [-0.25, -0.2) is 0 Å². The molecule has 20 heavy (non-hydrogen) atoms. The van der Waals surface area contributed by atoms with E-state index in [0.29, 0.717) is 13.1 Å². The van der Waals surface area contributed by atoms with Crippen LogP contribution >= 0.6 is 0 Å². The molecule has 1 aromatic rings. The first kappa shape index (κ1) is 14.9. The van der Waals surface area contributed by atoms with Crippen molar-refractivity contribution in [3.05, 3.63) is 24.0 Å². The largest absolute Gasteiger partial charge is 0.406 e. The van der Waals surface area contributed by atoms with Crippen molar-refractivity contribution >= 4 is 5.91 Å². The van der Waals surface area contributed by atoms with Crippen LogP contribution in [0.1, 0.15) is 23.8 Å². The van der Waals surface area contributed by atoms with Gasteiger partial charge in [0.25, 0.3) is 5.91 Å². The quantitative estimate of drug-likeness (QED) is 0.903. The van der Waals surface area contributed by atoms with Gasteiger partial charge >= 0.3 is 6.18 Å². The molecular formula is C13H18F3N3O. The van der Waals surface area contributed by atoms with E-state index in [9.17, 15) is 18.0 Å². The number of likely N-dealkylation sites (tertiary alicyclic amines) is 1. The van der Waals surface area contributed by atoms with Crippen molar-refractivity contribution in [2.75, 3.05) is 13.1 Å². The molecule has 2 atom stereocenters. The molecule has 2 N–H and O–H groups in total. The number of aromatic nitrogens is 1. The molecule has 1 aliphatic rings. The first-order valence-corrected chi connectivity index (χ1v) is 6.53. The normalized spacial score (nSPS) is 23.9. The van der Waals surface area contributed by atoms with Gasteiger partial charge in [-0.2, -0.15) is 13.2 Å². The second kappa shape index (κ2) is 5.47. The van der Waals surface area contributed by atoms with Crippen molar-refractivity contribution in [1.82, 2.24) is 9.47 Å². The van der Waals surface area contributed by atoms with E-state index in [1.54, 1.807) is 4.90 Å². The van der Waals surface area contributed by atoms with Crippen LogP contribution < -0.4 is 5.73 Å². The van der Waals surface area contributed by atoms with Crippen LogP contribution in [-0.4, -0.2) is 40.7 Å². The summed E-state index contributed by atoms with van der Waals surface area (Å²) >= 11 is 0. The third kappa shape index (κ3) is 3.53. The summed E-state index contributed by atoms with van der Waals surface area (Å²) in [6.07, 6.45) is -2.25. The van der Waals surface area contributed by atoms with Crippen molar-refractivity contribution < 1.29 is 18.0 Å². The third-order valence-corrected chi connectivity index (χ3v) is 3.38. The number of amides is 1. The molecule has 2 rings (SSSR count). The van der Waals surface area contributed by atoms with Crippen LogP contribution in [0.5, 0.6) is 0 Å². The van der Waals surface area contributed by atoms with Crippen LogP contribution in [0, 0.1) is 5.92 Å². The molecule has 0 aromatic carbocycles. The van der Waals surface area contributed by atoms with Crippen molar-refractivity contribution in [3.8, 4) is 0 Å². The van der Waals surface area contributed by atoms with Gasteiger partial charge in [0.2, 0.25) is 0 Å². The van der Waals surface area contributed by atoms with E-state index < -0.39 is 12.7 Å². The van der Waals surface area contributed by atoms with E-state index in [1.165, 1.54) is 18.3 Å². The van der Waals surface area contributed by atoms with Gasteiger partial charge in [0.05, 0.1) is 0 Å². The summed E-state index contributed by atoms with van der Waals surface area (Å²) in [6.45, 7) is 1.74. The predicted octanol–water partition coefficient (Wildman–Crippen LogP) is 1.86. The number of hydrogen-bond acceptors (Lipinski definition) is 2. The van der Waals surface area contributed by atoms with Gasteiger partial charge in [-0.3, -0.25) is 4.79 Å². The number of hydrogen-bond donors (Lipinski definition) is 1. The molecule has 4 nitrogen and oxygen atoms in total. The highest BCUT2D eigenvalue weighted by Gasteiger charge is 2.32. The van der Waals surface area contributed by atoms with Crippen LogP contribution in [0.2, 0.25) is 0 Å². The molecule has 7 heteroatoms.